The number of halogens is 1. The van der Waals surface area contributed by atoms with Gasteiger partial charge >= 0.3 is 6.09 Å². The lowest BCUT2D eigenvalue weighted by Gasteiger charge is -2.29. The topological polar surface area (TPSA) is 49.8 Å². The summed E-state index contributed by atoms with van der Waals surface area (Å²) in [5, 5.41) is 10.5. The average Bonchev–Trinajstić information content (AvgIpc) is 2.85. The van der Waals surface area contributed by atoms with Gasteiger partial charge in [0.05, 0.1) is 6.10 Å². The zero-order chi connectivity index (χ0) is 16.3. The van der Waals surface area contributed by atoms with Gasteiger partial charge in [0.1, 0.15) is 5.60 Å². The van der Waals surface area contributed by atoms with Crippen molar-refractivity contribution >= 4 is 22.0 Å². The molecule has 1 aliphatic rings. The van der Waals surface area contributed by atoms with Gasteiger partial charge in [0.2, 0.25) is 0 Å². The fraction of sp³-hybridized carbons (Fsp3) is 0.588. The minimum absolute atomic E-state index is 0.0250. The third-order valence-electron chi connectivity index (χ3n) is 3.76. The molecule has 1 aromatic rings. The molecule has 2 atom stereocenters. The van der Waals surface area contributed by atoms with Crippen LogP contribution in [0.2, 0.25) is 0 Å². The Balaban J connectivity index is 2.02. The molecule has 1 heterocycles. The summed E-state index contributed by atoms with van der Waals surface area (Å²) in [5.74, 6) is 0. The Hall–Kier alpha value is -1.07. The SMILES string of the molecule is CC(C)(C)OC(=O)N1CCCC1CC(O)c1ccccc1Br. The molecule has 2 unspecified atom stereocenters. The minimum Gasteiger partial charge on any atom is -0.444 e. The number of hydrogen-bond donors (Lipinski definition) is 1. The number of aliphatic hydroxyl groups excluding tert-OH is 1. The van der Waals surface area contributed by atoms with E-state index in [4.69, 9.17) is 4.74 Å². The molecule has 122 valence electrons. The number of hydrogen-bond acceptors (Lipinski definition) is 3. The monoisotopic (exact) mass is 369 g/mol. The van der Waals surface area contributed by atoms with Crippen molar-refractivity contribution in [3.63, 3.8) is 0 Å². The van der Waals surface area contributed by atoms with Gasteiger partial charge in [-0.1, -0.05) is 34.1 Å². The molecule has 0 aromatic heterocycles. The fourth-order valence-corrected chi connectivity index (χ4v) is 3.32. The van der Waals surface area contributed by atoms with E-state index < -0.39 is 11.7 Å². The Bertz CT molecular complexity index is 527. The van der Waals surface area contributed by atoms with Gasteiger partial charge in [0.15, 0.2) is 0 Å². The van der Waals surface area contributed by atoms with Gasteiger partial charge < -0.3 is 14.7 Å². The van der Waals surface area contributed by atoms with Crippen molar-refractivity contribution in [1.29, 1.82) is 0 Å². The zero-order valence-corrected chi connectivity index (χ0v) is 15.0. The van der Waals surface area contributed by atoms with Crippen molar-refractivity contribution in [2.24, 2.45) is 0 Å². The number of benzene rings is 1. The number of amides is 1. The molecule has 1 N–H and O–H groups in total. The Kier molecular flexibility index (Phi) is 5.50. The first-order valence-electron chi connectivity index (χ1n) is 7.70. The van der Waals surface area contributed by atoms with Gasteiger partial charge in [-0.25, -0.2) is 4.79 Å². The molecule has 0 spiro atoms. The van der Waals surface area contributed by atoms with E-state index in [0.29, 0.717) is 13.0 Å². The Morgan fingerprint density at radius 2 is 2.14 bits per heavy atom. The summed E-state index contributed by atoms with van der Waals surface area (Å²) < 4.78 is 6.35. The number of likely N-dealkylation sites (tertiary alicyclic amines) is 1. The lowest BCUT2D eigenvalue weighted by Crippen LogP contribution is -2.40. The molecular formula is C17H24BrNO3. The first-order chi connectivity index (χ1) is 10.3. The van der Waals surface area contributed by atoms with Crippen LogP contribution in [0.1, 0.15) is 51.7 Å². The Morgan fingerprint density at radius 3 is 2.77 bits per heavy atom. The van der Waals surface area contributed by atoms with E-state index in [1.165, 1.54) is 0 Å². The highest BCUT2D eigenvalue weighted by atomic mass is 79.9. The maximum absolute atomic E-state index is 12.3. The van der Waals surface area contributed by atoms with Gasteiger partial charge in [-0.2, -0.15) is 0 Å². The quantitative estimate of drug-likeness (QED) is 0.865. The molecule has 1 fully saturated rings. The van der Waals surface area contributed by atoms with Crippen LogP contribution in [-0.4, -0.2) is 34.3 Å². The first-order valence-corrected chi connectivity index (χ1v) is 8.49. The first kappa shape index (κ1) is 17.3. The second-order valence-corrected chi connectivity index (χ2v) is 7.60. The molecule has 4 nitrogen and oxygen atoms in total. The maximum Gasteiger partial charge on any atom is 0.410 e. The zero-order valence-electron chi connectivity index (χ0n) is 13.4. The molecule has 0 aliphatic carbocycles. The van der Waals surface area contributed by atoms with Gasteiger partial charge in [0, 0.05) is 17.1 Å². The molecule has 1 saturated heterocycles. The van der Waals surface area contributed by atoms with Crippen molar-refractivity contribution in [1.82, 2.24) is 4.90 Å². The van der Waals surface area contributed by atoms with Gasteiger partial charge in [-0.05, 0) is 51.7 Å². The predicted octanol–water partition coefficient (Wildman–Crippen LogP) is 4.27. The fourth-order valence-electron chi connectivity index (χ4n) is 2.77. The summed E-state index contributed by atoms with van der Waals surface area (Å²) in [5.41, 5.74) is 0.365. The number of aliphatic hydroxyl groups is 1. The summed E-state index contributed by atoms with van der Waals surface area (Å²) in [6.07, 6.45) is 1.51. The smallest absolute Gasteiger partial charge is 0.410 e. The minimum atomic E-state index is -0.594. The van der Waals surface area contributed by atoms with E-state index in [1.807, 2.05) is 45.0 Å². The lowest BCUT2D eigenvalue weighted by molar-refractivity contribution is 0.0178. The highest BCUT2D eigenvalue weighted by Crippen LogP contribution is 2.31. The third kappa shape index (κ3) is 4.46. The highest BCUT2D eigenvalue weighted by Gasteiger charge is 2.33. The van der Waals surface area contributed by atoms with Crippen LogP contribution in [0.3, 0.4) is 0 Å². The summed E-state index contributed by atoms with van der Waals surface area (Å²) in [7, 11) is 0. The van der Waals surface area contributed by atoms with Crippen molar-refractivity contribution in [3.05, 3.63) is 34.3 Å². The molecule has 1 aromatic carbocycles. The van der Waals surface area contributed by atoms with Crippen LogP contribution in [0.4, 0.5) is 4.79 Å². The average molecular weight is 370 g/mol. The molecule has 22 heavy (non-hydrogen) atoms. The largest absolute Gasteiger partial charge is 0.444 e. The van der Waals surface area contributed by atoms with Crippen LogP contribution >= 0.6 is 15.9 Å². The van der Waals surface area contributed by atoms with Gasteiger partial charge in [-0.3, -0.25) is 0 Å². The van der Waals surface area contributed by atoms with Crippen LogP contribution < -0.4 is 0 Å². The second kappa shape index (κ2) is 7.01. The van der Waals surface area contributed by atoms with Crippen LogP contribution in [0, 0.1) is 0 Å². The number of rotatable bonds is 3. The van der Waals surface area contributed by atoms with Crippen LogP contribution in [0.25, 0.3) is 0 Å². The molecule has 0 saturated carbocycles. The molecule has 5 heteroatoms. The highest BCUT2D eigenvalue weighted by molar-refractivity contribution is 9.10. The predicted molar refractivity (Wildman–Crippen MR) is 89.7 cm³/mol. The Labute approximate surface area is 140 Å². The van der Waals surface area contributed by atoms with Crippen molar-refractivity contribution in [2.45, 2.75) is 57.8 Å². The van der Waals surface area contributed by atoms with E-state index >= 15 is 0 Å². The standard InChI is InChI=1S/C17H24BrNO3/c1-17(2,3)22-16(21)19-10-6-7-12(19)11-15(20)13-8-4-5-9-14(13)18/h4-5,8-9,12,15,20H,6-7,10-11H2,1-3H3. The molecule has 2 rings (SSSR count). The van der Waals surface area contributed by atoms with Crippen LogP contribution in [0.15, 0.2) is 28.7 Å². The van der Waals surface area contributed by atoms with E-state index in [2.05, 4.69) is 15.9 Å². The number of carbonyl (C=O) groups is 1. The molecule has 1 amide bonds. The summed E-state index contributed by atoms with van der Waals surface area (Å²) in [4.78, 5) is 14.0. The summed E-state index contributed by atoms with van der Waals surface area (Å²) >= 11 is 3.46. The summed E-state index contributed by atoms with van der Waals surface area (Å²) in [6, 6.07) is 7.67. The van der Waals surface area contributed by atoms with Crippen molar-refractivity contribution < 1.29 is 14.6 Å². The number of carbonyl (C=O) groups excluding carboxylic acids is 1. The molecule has 0 radical (unpaired) electrons. The molecule has 0 bridgehead atoms. The normalized spacial score (nSPS) is 20.0. The Morgan fingerprint density at radius 1 is 1.45 bits per heavy atom. The van der Waals surface area contributed by atoms with Crippen LogP contribution in [0.5, 0.6) is 0 Å². The van der Waals surface area contributed by atoms with E-state index in [0.717, 1.165) is 22.9 Å². The summed E-state index contributed by atoms with van der Waals surface area (Å²) in [6.45, 7) is 6.30. The molecule has 1 aliphatic heterocycles. The van der Waals surface area contributed by atoms with E-state index in [9.17, 15) is 9.90 Å². The molecular weight excluding hydrogens is 346 g/mol. The van der Waals surface area contributed by atoms with E-state index in [-0.39, 0.29) is 12.1 Å². The van der Waals surface area contributed by atoms with Crippen molar-refractivity contribution in [2.75, 3.05) is 6.54 Å². The van der Waals surface area contributed by atoms with Crippen LogP contribution in [-0.2, 0) is 4.74 Å². The number of ether oxygens (including phenoxy) is 1. The maximum atomic E-state index is 12.3. The van der Waals surface area contributed by atoms with Crippen molar-refractivity contribution in [3.8, 4) is 0 Å². The van der Waals surface area contributed by atoms with E-state index in [1.54, 1.807) is 4.90 Å². The second-order valence-electron chi connectivity index (χ2n) is 6.74. The van der Waals surface area contributed by atoms with Gasteiger partial charge in [0.25, 0.3) is 0 Å². The van der Waals surface area contributed by atoms with Gasteiger partial charge in [-0.15, -0.1) is 0 Å². The third-order valence-corrected chi connectivity index (χ3v) is 4.49. The lowest BCUT2D eigenvalue weighted by atomic mass is 10.0. The number of nitrogens with zero attached hydrogens (tertiary/aromatic N) is 1.